The zero-order valence-electron chi connectivity index (χ0n) is 11.3. The second kappa shape index (κ2) is 6.34. The summed E-state index contributed by atoms with van der Waals surface area (Å²) < 4.78 is 26.5. The van der Waals surface area contributed by atoms with Crippen LogP contribution in [0, 0.1) is 0 Å². The van der Waals surface area contributed by atoms with Gasteiger partial charge in [-0.05, 0) is 44.2 Å². The molecular formula is C13H19N3O3S. The Morgan fingerprint density at radius 1 is 1.25 bits per heavy atom. The first-order valence-electron chi connectivity index (χ1n) is 6.58. The Labute approximate surface area is 119 Å². The van der Waals surface area contributed by atoms with Crippen LogP contribution in [0.5, 0.6) is 0 Å². The van der Waals surface area contributed by atoms with Crippen LogP contribution in [0.4, 0.5) is 5.69 Å². The second-order valence-corrected chi connectivity index (χ2v) is 6.54. The molecule has 1 aliphatic carbocycles. The summed E-state index contributed by atoms with van der Waals surface area (Å²) in [6, 6.07) is 6.27. The fourth-order valence-electron chi connectivity index (χ4n) is 1.67. The lowest BCUT2D eigenvalue weighted by Crippen LogP contribution is -2.25. The van der Waals surface area contributed by atoms with Gasteiger partial charge >= 0.3 is 0 Å². The summed E-state index contributed by atoms with van der Waals surface area (Å²) in [5.41, 5.74) is 0.594. The zero-order valence-corrected chi connectivity index (χ0v) is 12.2. The molecule has 1 aromatic carbocycles. The molecule has 0 radical (unpaired) electrons. The molecule has 1 fully saturated rings. The monoisotopic (exact) mass is 297 g/mol. The highest BCUT2D eigenvalue weighted by atomic mass is 32.2. The second-order valence-electron chi connectivity index (χ2n) is 4.82. The molecule has 0 bridgehead atoms. The fourth-order valence-corrected chi connectivity index (χ4v) is 2.97. The van der Waals surface area contributed by atoms with Gasteiger partial charge in [-0.25, -0.2) is 13.1 Å². The molecule has 110 valence electrons. The molecule has 0 saturated heterocycles. The number of amides is 1. The number of hydrogen-bond donors (Lipinski definition) is 3. The smallest absolute Gasteiger partial charge is 0.240 e. The van der Waals surface area contributed by atoms with Crippen LogP contribution in [-0.2, 0) is 14.8 Å². The molecule has 0 unspecified atom stereocenters. The third-order valence-corrected chi connectivity index (χ3v) is 4.49. The molecule has 1 amide bonds. The average molecular weight is 297 g/mol. The lowest BCUT2D eigenvalue weighted by atomic mass is 10.3. The summed E-state index contributed by atoms with van der Waals surface area (Å²) in [7, 11) is -1.65. The van der Waals surface area contributed by atoms with Crippen LogP contribution >= 0.6 is 0 Å². The van der Waals surface area contributed by atoms with E-state index in [1.165, 1.54) is 12.1 Å². The molecule has 1 aromatic rings. The van der Waals surface area contributed by atoms with Crippen LogP contribution in [0.25, 0.3) is 0 Å². The van der Waals surface area contributed by atoms with E-state index in [0.717, 1.165) is 12.8 Å². The Hall–Kier alpha value is -1.44. The predicted octanol–water partition coefficient (Wildman–Crippen LogP) is 0.675. The van der Waals surface area contributed by atoms with Gasteiger partial charge in [0.2, 0.25) is 15.9 Å². The van der Waals surface area contributed by atoms with E-state index < -0.39 is 10.0 Å². The lowest BCUT2D eigenvalue weighted by molar-refractivity contribution is -0.116. The Bertz CT molecular complexity index is 565. The van der Waals surface area contributed by atoms with Gasteiger partial charge in [0.1, 0.15) is 0 Å². The molecule has 0 atom stereocenters. The number of sulfonamides is 1. The molecule has 7 heteroatoms. The number of hydrogen-bond acceptors (Lipinski definition) is 4. The van der Waals surface area contributed by atoms with Crippen LogP contribution in [0.2, 0.25) is 0 Å². The van der Waals surface area contributed by atoms with Crippen molar-refractivity contribution in [2.75, 3.05) is 18.9 Å². The largest absolute Gasteiger partial charge is 0.326 e. The first-order valence-corrected chi connectivity index (χ1v) is 8.06. The number of carbonyl (C=O) groups excluding carboxylic acids is 1. The van der Waals surface area contributed by atoms with Gasteiger partial charge in [-0.3, -0.25) is 4.79 Å². The van der Waals surface area contributed by atoms with Crippen LogP contribution in [0.3, 0.4) is 0 Å². The molecule has 1 saturated carbocycles. The van der Waals surface area contributed by atoms with E-state index in [1.807, 2.05) is 0 Å². The Balaban J connectivity index is 1.97. The number of benzene rings is 1. The Morgan fingerprint density at radius 2 is 1.90 bits per heavy atom. The molecule has 6 nitrogen and oxygen atoms in total. The lowest BCUT2D eigenvalue weighted by Gasteiger charge is -2.08. The van der Waals surface area contributed by atoms with E-state index in [1.54, 1.807) is 19.2 Å². The van der Waals surface area contributed by atoms with Crippen molar-refractivity contribution >= 4 is 21.6 Å². The number of anilines is 1. The van der Waals surface area contributed by atoms with Crippen molar-refractivity contribution in [2.45, 2.75) is 30.2 Å². The molecule has 0 aliphatic heterocycles. The maximum absolute atomic E-state index is 12.0. The average Bonchev–Trinajstić information content (AvgIpc) is 3.20. The van der Waals surface area contributed by atoms with Crippen molar-refractivity contribution in [3.8, 4) is 0 Å². The summed E-state index contributed by atoms with van der Waals surface area (Å²) in [4.78, 5) is 11.7. The zero-order chi connectivity index (χ0) is 14.6. The predicted molar refractivity (Wildman–Crippen MR) is 77.0 cm³/mol. The van der Waals surface area contributed by atoms with Gasteiger partial charge < -0.3 is 10.6 Å². The molecule has 0 heterocycles. The van der Waals surface area contributed by atoms with E-state index in [2.05, 4.69) is 15.4 Å². The number of carbonyl (C=O) groups is 1. The minimum atomic E-state index is -3.43. The Morgan fingerprint density at radius 3 is 2.45 bits per heavy atom. The highest BCUT2D eigenvalue weighted by Crippen LogP contribution is 2.22. The van der Waals surface area contributed by atoms with E-state index >= 15 is 0 Å². The molecular weight excluding hydrogens is 278 g/mol. The van der Waals surface area contributed by atoms with Crippen LogP contribution in [-0.4, -0.2) is 34.0 Å². The normalized spacial score (nSPS) is 15.1. The van der Waals surface area contributed by atoms with Crippen molar-refractivity contribution in [2.24, 2.45) is 0 Å². The van der Waals surface area contributed by atoms with Gasteiger partial charge in [-0.15, -0.1) is 0 Å². The first kappa shape index (κ1) is 15.0. The summed E-state index contributed by atoms with van der Waals surface area (Å²) in [6.07, 6.45) is 2.18. The molecule has 0 spiro atoms. The van der Waals surface area contributed by atoms with E-state index in [9.17, 15) is 13.2 Å². The summed E-state index contributed by atoms with van der Waals surface area (Å²) in [6.45, 7) is 0.601. The molecule has 0 aromatic heterocycles. The van der Waals surface area contributed by atoms with Crippen LogP contribution in [0.15, 0.2) is 29.2 Å². The maximum atomic E-state index is 12.0. The molecule has 20 heavy (non-hydrogen) atoms. The SMILES string of the molecule is CNCCC(=O)Nc1ccc(S(=O)(=O)NC2CC2)cc1. The third-order valence-electron chi connectivity index (χ3n) is 2.95. The van der Waals surface area contributed by atoms with Crippen molar-refractivity contribution < 1.29 is 13.2 Å². The van der Waals surface area contributed by atoms with E-state index in [-0.39, 0.29) is 16.8 Å². The number of nitrogens with one attached hydrogen (secondary N) is 3. The quantitative estimate of drug-likeness (QED) is 0.690. The third kappa shape index (κ3) is 4.29. The molecule has 1 aliphatic rings. The van der Waals surface area contributed by atoms with Gasteiger partial charge in [0, 0.05) is 24.7 Å². The van der Waals surface area contributed by atoms with Crippen molar-refractivity contribution in [1.29, 1.82) is 0 Å². The number of rotatable bonds is 7. The fraction of sp³-hybridized carbons (Fsp3) is 0.462. The van der Waals surface area contributed by atoms with Gasteiger partial charge in [0.05, 0.1) is 4.90 Å². The van der Waals surface area contributed by atoms with Crippen molar-refractivity contribution in [3.63, 3.8) is 0 Å². The maximum Gasteiger partial charge on any atom is 0.240 e. The summed E-state index contributed by atoms with van der Waals surface area (Å²) in [5.74, 6) is -0.105. The van der Waals surface area contributed by atoms with E-state index in [0.29, 0.717) is 18.7 Å². The van der Waals surface area contributed by atoms with Crippen LogP contribution in [0.1, 0.15) is 19.3 Å². The molecule has 3 N–H and O–H groups in total. The molecule has 2 rings (SSSR count). The summed E-state index contributed by atoms with van der Waals surface area (Å²) in [5, 5.41) is 5.60. The van der Waals surface area contributed by atoms with Crippen molar-refractivity contribution in [3.05, 3.63) is 24.3 Å². The minimum absolute atomic E-state index is 0.0842. The topological polar surface area (TPSA) is 87.3 Å². The van der Waals surface area contributed by atoms with E-state index in [4.69, 9.17) is 0 Å². The van der Waals surface area contributed by atoms with Gasteiger partial charge in [0.25, 0.3) is 0 Å². The van der Waals surface area contributed by atoms with Crippen LogP contribution < -0.4 is 15.4 Å². The van der Waals surface area contributed by atoms with Gasteiger partial charge in [-0.1, -0.05) is 0 Å². The minimum Gasteiger partial charge on any atom is -0.326 e. The first-order chi connectivity index (χ1) is 9.51. The highest BCUT2D eigenvalue weighted by molar-refractivity contribution is 7.89. The summed E-state index contributed by atoms with van der Waals surface area (Å²) >= 11 is 0. The van der Waals surface area contributed by atoms with Gasteiger partial charge in [0.15, 0.2) is 0 Å². The van der Waals surface area contributed by atoms with Gasteiger partial charge in [-0.2, -0.15) is 0 Å². The standard InChI is InChI=1S/C13H19N3O3S/c1-14-9-8-13(17)15-10-4-6-12(7-5-10)20(18,19)16-11-2-3-11/h4-7,11,14,16H,2-3,8-9H2,1H3,(H,15,17). The Kier molecular flexibility index (Phi) is 4.74. The van der Waals surface area contributed by atoms with Crippen molar-refractivity contribution in [1.82, 2.24) is 10.0 Å². The highest BCUT2D eigenvalue weighted by Gasteiger charge is 2.27.